The summed E-state index contributed by atoms with van der Waals surface area (Å²) < 4.78 is 1.82. The predicted octanol–water partition coefficient (Wildman–Crippen LogP) is -0.0391. The number of aryl methyl sites for hydroxylation is 1. The van der Waals surface area contributed by atoms with Crippen molar-refractivity contribution in [2.24, 2.45) is 5.92 Å². The summed E-state index contributed by atoms with van der Waals surface area (Å²) in [5.41, 5.74) is 0. The number of hydrogen-bond donors (Lipinski definition) is 1. The van der Waals surface area contributed by atoms with Crippen LogP contribution in [0.4, 0.5) is 0 Å². The molecule has 2 rings (SSSR count). The van der Waals surface area contributed by atoms with Gasteiger partial charge in [-0.25, -0.2) is 4.98 Å². The first kappa shape index (κ1) is 16.5. The van der Waals surface area contributed by atoms with Crippen molar-refractivity contribution in [1.29, 1.82) is 0 Å². The summed E-state index contributed by atoms with van der Waals surface area (Å²) in [6.45, 7) is 5.73. The molecule has 1 unspecified atom stereocenters. The summed E-state index contributed by atoms with van der Waals surface area (Å²) in [6, 6.07) is 0. The van der Waals surface area contributed by atoms with E-state index in [0.29, 0.717) is 32.0 Å². The van der Waals surface area contributed by atoms with Gasteiger partial charge in [-0.05, 0) is 5.92 Å². The van der Waals surface area contributed by atoms with E-state index >= 15 is 0 Å². The number of nitrogens with zero attached hydrogens (tertiary/aromatic N) is 4. The molecular weight excluding hydrogens is 284 g/mol. The van der Waals surface area contributed by atoms with Gasteiger partial charge in [0.15, 0.2) is 0 Å². The van der Waals surface area contributed by atoms with Crippen LogP contribution in [0.2, 0.25) is 0 Å². The van der Waals surface area contributed by atoms with Gasteiger partial charge in [-0.15, -0.1) is 0 Å². The molecular formula is C15H24N4O3. The molecule has 0 aromatic carbocycles. The SMILES string of the molecule is CC(C)CN1CC(O)CN(C(=O)CCn2ccnc2)CC1=O. The average Bonchev–Trinajstić information content (AvgIpc) is 2.91. The van der Waals surface area contributed by atoms with E-state index < -0.39 is 6.10 Å². The smallest absolute Gasteiger partial charge is 0.242 e. The second kappa shape index (κ2) is 7.40. The molecule has 1 aromatic rings. The number of carbonyl (C=O) groups excluding carboxylic acids is 2. The third-order valence-electron chi connectivity index (χ3n) is 3.62. The average molecular weight is 308 g/mol. The molecule has 7 heteroatoms. The Balaban J connectivity index is 1.93. The lowest BCUT2D eigenvalue weighted by atomic mass is 10.2. The normalized spacial score (nSPS) is 19.6. The Morgan fingerprint density at radius 2 is 2.23 bits per heavy atom. The minimum atomic E-state index is -0.692. The first-order valence-electron chi connectivity index (χ1n) is 7.65. The van der Waals surface area contributed by atoms with Gasteiger partial charge in [0.1, 0.15) is 0 Å². The molecule has 1 aliphatic rings. The lowest BCUT2D eigenvalue weighted by Crippen LogP contribution is -2.40. The van der Waals surface area contributed by atoms with E-state index in [1.54, 1.807) is 23.6 Å². The molecule has 0 aliphatic carbocycles. The number of aliphatic hydroxyl groups is 1. The summed E-state index contributed by atoms with van der Waals surface area (Å²) in [5.74, 6) is 0.119. The lowest BCUT2D eigenvalue weighted by Gasteiger charge is -2.23. The molecule has 1 fully saturated rings. The molecule has 2 heterocycles. The van der Waals surface area contributed by atoms with E-state index in [1.807, 2.05) is 18.4 Å². The fraction of sp³-hybridized carbons (Fsp3) is 0.667. The van der Waals surface area contributed by atoms with Gasteiger partial charge in [0.05, 0.1) is 19.0 Å². The molecule has 1 aliphatic heterocycles. The van der Waals surface area contributed by atoms with Crippen LogP contribution in [0.15, 0.2) is 18.7 Å². The van der Waals surface area contributed by atoms with Crippen LogP contribution in [-0.4, -0.2) is 68.6 Å². The predicted molar refractivity (Wildman–Crippen MR) is 80.8 cm³/mol. The molecule has 2 amide bonds. The number of hydrogen-bond acceptors (Lipinski definition) is 4. The molecule has 0 saturated carbocycles. The molecule has 7 nitrogen and oxygen atoms in total. The zero-order valence-corrected chi connectivity index (χ0v) is 13.2. The largest absolute Gasteiger partial charge is 0.389 e. The Labute approximate surface area is 130 Å². The Morgan fingerprint density at radius 3 is 2.86 bits per heavy atom. The van der Waals surface area contributed by atoms with Gasteiger partial charge in [0, 0.05) is 45.0 Å². The topological polar surface area (TPSA) is 78.7 Å². The van der Waals surface area contributed by atoms with Gasteiger partial charge < -0.3 is 19.5 Å². The number of carbonyl (C=O) groups is 2. The monoisotopic (exact) mass is 308 g/mol. The maximum atomic E-state index is 12.3. The quantitative estimate of drug-likeness (QED) is 0.828. The van der Waals surface area contributed by atoms with Crippen molar-refractivity contribution in [1.82, 2.24) is 19.4 Å². The highest BCUT2D eigenvalue weighted by molar-refractivity contribution is 5.85. The number of rotatable bonds is 5. The van der Waals surface area contributed by atoms with E-state index in [0.717, 1.165) is 0 Å². The molecule has 1 saturated heterocycles. The minimum absolute atomic E-state index is 0.0482. The highest BCUT2D eigenvalue weighted by Gasteiger charge is 2.29. The van der Waals surface area contributed by atoms with Crippen LogP contribution in [0, 0.1) is 5.92 Å². The van der Waals surface area contributed by atoms with E-state index in [2.05, 4.69) is 4.98 Å². The highest BCUT2D eigenvalue weighted by Crippen LogP contribution is 2.10. The lowest BCUT2D eigenvalue weighted by molar-refractivity contribution is -0.139. The van der Waals surface area contributed by atoms with Crippen LogP contribution in [0.1, 0.15) is 20.3 Å². The first-order valence-corrected chi connectivity index (χ1v) is 7.65. The van der Waals surface area contributed by atoms with Crippen molar-refractivity contribution in [3.63, 3.8) is 0 Å². The molecule has 0 bridgehead atoms. The number of amides is 2. The van der Waals surface area contributed by atoms with E-state index in [1.165, 1.54) is 4.90 Å². The number of aromatic nitrogens is 2. The summed E-state index contributed by atoms with van der Waals surface area (Å²) in [7, 11) is 0. The van der Waals surface area contributed by atoms with Gasteiger partial charge in [-0.2, -0.15) is 0 Å². The van der Waals surface area contributed by atoms with Gasteiger partial charge in [0.2, 0.25) is 11.8 Å². The van der Waals surface area contributed by atoms with Crippen LogP contribution in [-0.2, 0) is 16.1 Å². The van der Waals surface area contributed by atoms with E-state index in [9.17, 15) is 14.7 Å². The van der Waals surface area contributed by atoms with Gasteiger partial charge in [0.25, 0.3) is 0 Å². The summed E-state index contributed by atoms with van der Waals surface area (Å²) >= 11 is 0. The van der Waals surface area contributed by atoms with Crippen molar-refractivity contribution in [3.05, 3.63) is 18.7 Å². The zero-order chi connectivity index (χ0) is 16.1. The highest BCUT2D eigenvalue weighted by atomic mass is 16.3. The Hall–Kier alpha value is -1.89. The van der Waals surface area contributed by atoms with Gasteiger partial charge in [-0.1, -0.05) is 13.8 Å². The molecule has 1 atom stereocenters. The maximum Gasteiger partial charge on any atom is 0.242 e. The third kappa shape index (κ3) is 4.56. The third-order valence-corrected chi connectivity index (χ3v) is 3.62. The van der Waals surface area contributed by atoms with Crippen LogP contribution in [0.25, 0.3) is 0 Å². The van der Waals surface area contributed by atoms with E-state index in [-0.39, 0.29) is 24.9 Å². The van der Waals surface area contributed by atoms with Crippen LogP contribution in [0.3, 0.4) is 0 Å². The standard InChI is InChI=1S/C15H24N4O3/c1-12(2)7-18-8-13(20)9-19(10-15(18)22)14(21)3-5-17-6-4-16-11-17/h4,6,11-13,20H,3,5,7-10H2,1-2H3. The zero-order valence-electron chi connectivity index (χ0n) is 13.2. The van der Waals surface area contributed by atoms with Gasteiger partial charge >= 0.3 is 0 Å². The number of imidazole rings is 1. The second-order valence-corrected chi connectivity index (χ2v) is 6.17. The summed E-state index contributed by atoms with van der Waals surface area (Å²) in [6.07, 6.45) is 4.70. The van der Waals surface area contributed by atoms with Gasteiger partial charge in [-0.3, -0.25) is 9.59 Å². The van der Waals surface area contributed by atoms with Crippen molar-refractivity contribution in [3.8, 4) is 0 Å². The van der Waals surface area contributed by atoms with Crippen LogP contribution >= 0.6 is 0 Å². The minimum Gasteiger partial charge on any atom is -0.389 e. The number of aliphatic hydroxyl groups excluding tert-OH is 1. The molecule has 0 radical (unpaired) electrons. The fourth-order valence-electron chi connectivity index (χ4n) is 2.61. The summed E-state index contributed by atoms with van der Waals surface area (Å²) in [5, 5.41) is 10.1. The second-order valence-electron chi connectivity index (χ2n) is 6.17. The van der Waals surface area contributed by atoms with Crippen LogP contribution in [0.5, 0.6) is 0 Å². The van der Waals surface area contributed by atoms with Crippen molar-refractivity contribution >= 4 is 11.8 Å². The van der Waals surface area contributed by atoms with E-state index in [4.69, 9.17) is 0 Å². The Morgan fingerprint density at radius 1 is 1.45 bits per heavy atom. The summed E-state index contributed by atoms with van der Waals surface area (Å²) in [4.78, 5) is 31.6. The van der Waals surface area contributed by atoms with Crippen molar-refractivity contribution in [2.45, 2.75) is 32.9 Å². The Bertz CT molecular complexity index is 501. The molecule has 22 heavy (non-hydrogen) atoms. The maximum absolute atomic E-state index is 12.3. The van der Waals surface area contributed by atoms with Crippen molar-refractivity contribution in [2.75, 3.05) is 26.2 Å². The molecule has 1 N–H and O–H groups in total. The van der Waals surface area contributed by atoms with Crippen LogP contribution < -0.4 is 0 Å². The Kier molecular flexibility index (Phi) is 5.54. The number of β-amino-alcohol motifs (C(OH)–C–C–N with tert-alkyl or cyclic N) is 1. The fourth-order valence-corrected chi connectivity index (χ4v) is 2.61. The molecule has 122 valence electrons. The molecule has 1 aromatic heterocycles. The van der Waals surface area contributed by atoms with Crippen molar-refractivity contribution < 1.29 is 14.7 Å². The first-order chi connectivity index (χ1) is 10.5. The molecule has 0 spiro atoms.